The van der Waals surface area contributed by atoms with Crippen molar-refractivity contribution in [2.45, 2.75) is 32.7 Å². The summed E-state index contributed by atoms with van der Waals surface area (Å²) in [5, 5.41) is 22.0. The maximum absolute atomic E-state index is 8.88. The van der Waals surface area contributed by atoms with Gasteiger partial charge in [0.05, 0.1) is 11.6 Å². The molecular weight excluding hydrogens is 300 g/mol. The number of benzene rings is 1. The molecule has 0 radical (unpaired) electrons. The first-order valence-corrected chi connectivity index (χ1v) is 7.81. The number of nitrogens with zero attached hydrogens (tertiary/aromatic N) is 6. The lowest BCUT2D eigenvalue weighted by atomic mass is 9.96. The van der Waals surface area contributed by atoms with E-state index >= 15 is 0 Å². The molecule has 0 aliphatic carbocycles. The highest BCUT2D eigenvalue weighted by Crippen LogP contribution is 2.21. The molecule has 0 aliphatic heterocycles. The Bertz CT molecular complexity index is 896. The summed E-state index contributed by atoms with van der Waals surface area (Å²) in [5.41, 5.74) is 2.41. The molecule has 6 nitrogen and oxygen atoms in total. The highest BCUT2D eigenvalue weighted by atomic mass is 15.4. The average Bonchev–Trinajstić information content (AvgIpc) is 2.98. The SMILES string of the molecule is CN(Cc1ccc(C#N)cc1)c1ccc2nnc(C(C)(C)C)n2n1. The van der Waals surface area contributed by atoms with Gasteiger partial charge in [0.1, 0.15) is 5.82 Å². The molecule has 122 valence electrons. The van der Waals surface area contributed by atoms with Gasteiger partial charge in [-0.15, -0.1) is 15.3 Å². The standard InChI is InChI=1S/C18H20N6/c1-18(2,3)17-21-20-15-9-10-16(22-24(15)17)23(4)12-14-7-5-13(11-19)6-8-14/h5-10H,12H2,1-4H3. The third-order valence-corrected chi connectivity index (χ3v) is 3.81. The lowest BCUT2D eigenvalue weighted by Crippen LogP contribution is -2.21. The van der Waals surface area contributed by atoms with Crippen LogP contribution in [0.25, 0.3) is 5.65 Å². The van der Waals surface area contributed by atoms with Gasteiger partial charge >= 0.3 is 0 Å². The number of nitriles is 1. The Morgan fingerprint density at radius 2 is 1.79 bits per heavy atom. The molecule has 0 unspecified atom stereocenters. The van der Waals surface area contributed by atoms with Gasteiger partial charge in [0.15, 0.2) is 11.5 Å². The van der Waals surface area contributed by atoms with Crippen molar-refractivity contribution in [3.05, 3.63) is 53.3 Å². The maximum atomic E-state index is 8.88. The minimum atomic E-state index is -0.128. The first-order valence-electron chi connectivity index (χ1n) is 7.81. The number of aromatic nitrogens is 4. The van der Waals surface area contributed by atoms with E-state index in [0.717, 1.165) is 22.9 Å². The lowest BCUT2D eigenvalue weighted by Gasteiger charge is -2.19. The minimum Gasteiger partial charge on any atom is -0.354 e. The summed E-state index contributed by atoms with van der Waals surface area (Å²) in [6, 6.07) is 13.6. The van der Waals surface area contributed by atoms with Crippen LogP contribution in [-0.4, -0.2) is 26.9 Å². The second-order valence-corrected chi connectivity index (χ2v) is 6.90. The van der Waals surface area contributed by atoms with Crippen molar-refractivity contribution in [1.82, 2.24) is 19.8 Å². The van der Waals surface area contributed by atoms with Gasteiger partial charge in [0.2, 0.25) is 0 Å². The van der Waals surface area contributed by atoms with E-state index in [2.05, 4.69) is 41.9 Å². The third kappa shape index (κ3) is 3.06. The zero-order chi connectivity index (χ0) is 17.3. The normalized spacial score (nSPS) is 11.5. The van der Waals surface area contributed by atoms with E-state index in [1.54, 1.807) is 0 Å². The predicted molar refractivity (Wildman–Crippen MR) is 92.7 cm³/mol. The van der Waals surface area contributed by atoms with E-state index in [1.165, 1.54) is 0 Å². The van der Waals surface area contributed by atoms with Crippen molar-refractivity contribution in [2.75, 3.05) is 11.9 Å². The summed E-state index contributed by atoms with van der Waals surface area (Å²) in [6.45, 7) is 6.99. The molecule has 3 rings (SSSR count). The summed E-state index contributed by atoms with van der Waals surface area (Å²) in [5.74, 6) is 1.68. The largest absolute Gasteiger partial charge is 0.354 e. The molecule has 24 heavy (non-hydrogen) atoms. The van der Waals surface area contributed by atoms with Crippen LogP contribution in [0.4, 0.5) is 5.82 Å². The van der Waals surface area contributed by atoms with E-state index < -0.39 is 0 Å². The highest BCUT2D eigenvalue weighted by molar-refractivity contribution is 5.46. The Morgan fingerprint density at radius 1 is 1.08 bits per heavy atom. The number of fused-ring (bicyclic) bond motifs is 1. The van der Waals surface area contributed by atoms with Crippen LogP contribution in [0, 0.1) is 11.3 Å². The van der Waals surface area contributed by atoms with Crippen LogP contribution in [0.3, 0.4) is 0 Å². The van der Waals surface area contributed by atoms with Crippen LogP contribution in [0.2, 0.25) is 0 Å². The van der Waals surface area contributed by atoms with Crippen molar-refractivity contribution in [3.8, 4) is 6.07 Å². The van der Waals surface area contributed by atoms with Gasteiger partial charge in [0, 0.05) is 19.0 Å². The molecule has 0 fully saturated rings. The molecule has 0 amide bonds. The van der Waals surface area contributed by atoms with E-state index in [9.17, 15) is 0 Å². The molecule has 0 spiro atoms. The van der Waals surface area contributed by atoms with E-state index in [-0.39, 0.29) is 5.41 Å². The summed E-state index contributed by atoms with van der Waals surface area (Å²) in [6.07, 6.45) is 0. The monoisotopic (exact) mass is 320 g/mol. The van der Waals surface area contributed by atoms with Gasteiger partial charge < -0.3 is 4.90 Å². The Morgan fingerprint density at radius 3 is 2.42 bits per heavy atom. The molecule has 2 heterocycles. The van der Waals surface area contributed by atoms with Crippen LogP contribution in [0.15, 0.2) is 36.4 Å². The summed E-state index contributed by atoms with van der Waals surface area (Å²) in [4.78, 5) is 2.06. The Balaban J connectivity index is 1.89. The van der Waals surface area contributed by atoms with E-state index in [4.69, 9.17) is 10.4 Å². The van der Waals surface area contributed by atoms with Crippen molar-refractivity contribution in [1.29, 1.82) is 5.26 Å². The van der Waals surface area contributed by atoms with Gasteiger partial charge in [-0.3, -0.25) is 0 Å². The molecule has 0 N–H and O–H groups in total. The third-order valence-electron chi connectivity index (χ3n) is 3.81. The second-order valence-electron chi connectivity index (χ2n) is 6.90. The number of anilines is 1. The minimum absolute atomic E-state index is 0.128. The van der Waals surface area contributed by atoms with Gasteiger partial charge in [-0.1, -0.05) is 32.9 Å². The Hall–Kier alpha value is -2.94. The van der Waals surface area contributed by atoms with Gasteiger partial charge in [-0.05, 0) is 29.8 Å². The molecule has 6 heteroatoms. The van der Waals surface area contributed by atoms with Gasteiger partial charge in [-0.2, -0.15) is 9.78 Å². The van der Waals surface area contributed by atoms with Crippen molar-refractivity contribution >= 4 is 11.5 Å². The van der Waals surface area contributed by atoms with Crippen LogP contribution < -0.4 is 4.90 Å². The molecule has 3 aromatic rings. The number of rotatable bonds is 3. The average molecular weight is 320 g/mol. The second kappa shape index (κ2) is 5.93. The molecule has 1 aromatic carbocycles. The zero-order valence-corrected chi connectivity index (χ0v) is 14.4. The van der Waals surface area contributed by atoms with Crippen LogP contribution in [0.1, 0.15) is 37.7 Å². The van der Waals surface area contributed by atoms with Crippen molar-refractivity contribution < 1.29 is 0 Å². The van der Waals surface area contributed by atoms with Gasteiger partial charge in [-0.25, -0.2) is 0 Å². The molecule has 0 aliphatic rings. The molecular formula is C18H20N6. The summed E-state index contributed by atoms with van der Waals surface area (Å²) >= 11 is 0. The van der Waals surface area contributed by atoms with Crippen LogP contribution in [0.5, 0.6) is 0 Å². The highest BCUT2D eigenvalue weighted by Gasteiger charge is 2.22. The van der Waals surface area contributed by atoms with E-state index in [1.807, 2.05) is 48.0 Å². The smallest absolute Gasteiger partial charge is 0.178 e. The quantitative estimate of drug-likeness (QED) is 0.742. The van der Waals surface area contributed by atoms with E-state index in [0.29, 0.717) is 12.1 Å². The number of hydrogen-bond donors (Lipinski definition) is 0. The molecule has 0 saturated carbocycles. The fourth-order valence-corrected chi connectivity index (χ4v) is 2.49. The summed E-state index contributed by atoms with van der Waals surface area (Å²) in [7, 11) is 1.99. The molecule has 0 atom stereocenters. The zero-order valence-electron chi connectivity index (χ0n) is 14.4. The van der Waals surface area contributed by atoms with Gasteiger partial charge in [0.25, 0.3) is 0 Å². The summed E-state index contributed by atoms with van der Waals surface area (Å²) < 4.78 is 1.81. The molecule has 0 bridgehead atoms. The fraction of sp³-hybridized carbons (Fsp3) is 0.333. The van der Waals surface area contributed by atoms with Crippen molar-refractivity contribution in [3.63, 3.8) is 0 Å². The van der Waals surface area contributed by atoms with Crippen LogP contribution >= 0.6 is 0 Å². The van der Waals surface area contributed by atoms with Crippen LogP contribution in [-0.2, 0) is 12.0 Å². The molecule has 2 aromatic heterocycles. The number of hydrogen-bond acceptors (Lipinski definition) is 5. The maximum Gasteiger partial charge on any atom is 0.178 e. The van der Waals surface area contributed by atoms with Crippen molar-refractivity contribution in [2.24, 2.45) is 0 Å². The Kier molecular flexibility index (Phi) is 3.94. The Labute approximate surface area is 141 Å². The first kappa shape index (κ1) is 15.9. The molecule has 0 saturated heterocycles. The topological polar surface area (TPSA) is 70.1 Å². The fourth-order valence-electron chi connectivity index (χ4n) is 2.49. The lowest BCUT2D eigenvalue weighted by molar-refractivity contribution is 0.526. The predicted octanol–water partition coefficient (Wildman–Crippen LogP) is 2.93. The first-order chi connectivity index (χ1) is 11.4.